The first-order chi connectivity index (χ1) is 13.1. The van der Waals surface area contributed by atoms with E-state index in [1.807, 2.05) is 47.8 Å². The Bertz CT molecular complexity index is 1070. The van der Waals surface area contributed by atoms with E-state index in [9.17, 15) is 8.42 Å². The van der Waals surface area contributed by atoms with Crippen LogP contribution in [-0.4, -0.2) is 19.3 Å². The zero-order valence-electron chi connectivity index (χ0n) is 14.4. The van der Waals surface area contributed by atoms with Crippen molar-refractivity contribution in [1.82, 2.24) is 4.31 Å². The average molecular weight is 392 g/mol. The molecule has 0 spiro atoms. The van der Waals surface area contributed by atoms with Crippen LogP contribution < -0.4 is 0 Å². The van der Waals surface area contributed by atoms with E-state index in [4.69, 9.17) is 6.42 Å². The highest BCUT2D eigenvalue weighted by molar-refractivity contribution is 7.89. The molecular weight excluding hydrogens is 374 g/mol. The Kier molecular flexibility index (Phi) is 6.11. The van der Waals surface area contributed by atoms with Crippen LogP contribution in [0.15, 0.2) is 83.1 Å². The molecule has 0 radical (unpaired) electrons. The Hall–Kier alpha value is -2.83. The van der Waals surface area contributed by atoms with Crippen molar-refractivity contribution in [1.29, 1.82) is 0 Å². The number of hydrogen-bond acceptors (Lipinski definition) is 3. The van der Waals surface area contributed by atoms with Crippen LogP contribution in [-0.2, 0) is 10.0 Å². The third-order valence-electron chi connectivity index (χ3n) is 3.85. The topological polar surface area (TPSA) is 37.4 Å². The first-order valence-electron chi connectivity index (χ1n) is 8.23. The van der Waals surface area contributed by atoms with E-state index in [1.54, 1.807) is 30.3 Å². The smallest absolute Gasteiger partial charge is 0.207 e. The van der Waals surface area contributed by atoms with Gasteiger partial charge in [-0.3, -0.25) is 0 Å². The Morgan fingerprint density at radius 3 is 2.22 bits per heavy atom. The van der Waals surface area contributed by atoms with Gasteiger partial charge in [-0.05, 0) is 29.1 Å². The molecule has 3 rings (SSSR count). The van der Waals surface area contributed by atoms with Crippen molar-refractivity contribution >= 4 is 21.4 Å². The fourth-order valence-corrected chi connectivity index (χ4v) is 4.63. The number of hydrogen-bond donors (Lipinski definition) is 0. The van der Waals surface area contributed by atoms with Gasteiger partial charge in [0.1, 0.15) is 6.04 Å². The van der Waals surface area contributed by atoms with Crippen LogP contribution in [0.1, 0.15) is 16.5 Å². The second kappa shape index (κ2) is 8.70. The third kappa shape index (κ3) is 4.48. The molecule has 2 aromatic carbocycles. The maximum atomic E-state index is 13.3. The molecule has 3 aromatic rings. The SMILES string of the molecule is C#CCN(C(C#Cc1cccs1)c1ccccc1)S(=O)(=O)c1ccccc1. The highest BCUT2D eigenvalue weighted by Crippen LogP contribution is 2.27. The van der Waals surface area contributed by atoms with E-state index in [0.29, 0.717) is 0 Å². The normalized spacial score (nSPS) is 12.0. The fourth-order valence-electron chi connectivity index (χ4n) is 2.58. The van der Waals surface area contributed by atoms with Crippen molar-refractivity contribution in [2.75, 3.05) is 6.54 Å². The van der Waals surface area contributed by atoms with Crippen molar-refractivity contribution < 1.29 is 8.42 Å². The molecule has 1 unspecified atom stereocenters. The molecule has 134 valence electrons. The van der Waals surface area contributed by atoms with Gasteiger partial charge in [0.25, 0.3) is 0 Å². The summed E-state index contributed by atoms with van der Waals surface area (Å²) >= 11 is 1.51. The zero-order valence-corrected chi connectivity index (χ0v) is 16.1. The van der Waals surface area contributed by atoms with Crippen molar-refractivity contribution in [3.63, 3.8) is 0 Å². The number of nitrogens with zero attached hydrogens (tertiary/aromatic N) is 1. The van der Waals surface area contributed by atoms with Gasteiger partial charge in [-0.25, -0.2) is 8.42 Å². The predicted octanol–water partition coefficient (Wildman–Crippen LogP) is 4.17. The summed E-state index contributed by atoms with van der Waals surface area (Å²) in [5, 5.41) is 1.93. The van der Waals surface area contributed by atoms with Gasteiger partial charge >= 0.3 is 0 Å². The molecule has 0 aliphatic rings. The molecule has 0 amide bonds. The largest absolute Gasteiger partial charge is 0.245 e. The van der Waals surface area contributed by atoms with Crippen molar-refractivity contribution in [3.8, 4) is 24.2 Å². The molecule has 3 nitrogen and oxygen atoms in total. The van der Waals surface area contributed by atoms with Crippen LogP contribution in [0.3, 0.4) is 0 Å². The Balaban J connectivity index is 2.11. The molecule has 27 heavy (non-hydrogen) atoms. The monoisotopic (exact) mass is 391 g/mol. The third-order valence-corrected chi connectivity index (χ3v) is 6.46. The Morgan fingerprint density at radius 1 is 0.963 bits per heavy atom. The van der Waals surface area contributed by atoms with Crippen molar-refractivity contribution in [3.05, 3.63) is 88.6 Å². The molecule has 0 aliphatic carbocycles. The van der Waals surface area contributed by atoms with Gasteiger partial charge in [0.15, 0.2) is 0 Å². The van der Waals surface area contributed by atoms with Gasteiger partial charge < -0.3 is 0 Å². The minimum absolute atomic E-state index is 0.0735. The van der Waals surface area contributed by atoms with Gasteiger partial charge in [-0.1, -0.05) is 72.4 Å². The molecule has 0 saturated carbocycles. The lowest BCUT2D eigenvalue weighted by Gasteiger charge is -2.26. The van der Waals surface area contributed by atoms with Crippen LogP contribution in [0.4, 0.5) is 0 Å². The van der Waals surface area contributed by atoms with E-state index < -0.39 is 16.1 Å². The molecule has 1 atom stereocenters. The zero-order chi connectivity index (χ0) is 19.1. The van der Waals surface area contributed by atoms with Crippen LogP contribution in [0.2, 0.25) is 0 Å². The standard InChI is InChI=1S/C22H17NO2S2/c1-2-17-23(27(24,25)21-13-7-4-8-14-21)22(19-10-5-3-6-11-19)16-15-20-12-9-18-26-20/h1,3-14,18,22H,17H2. The van der Waals surface area contributed by atoms with E-state index in [1.165, 1.54) is 15.6 Å². The number of rotatable bonds is 5. The van der Waals surface area contributed by atoms with Gasteiger partial charge in [-0.15, -0.1) is 17.8 Å². The number of benzene rings is 2. The minimum atomic E-state index is -3.81. The van der Waals surface area contributed by atoms with Gasteiger partial charge in [0.2, 0.25) is 10.0 Å². The minimum Gasteiger partial charge on any atom is -0.207 e. The molecule has 0 aliphatic heterocycles. The maximum absolute atomic E-state index is 13.3. The van der Waals surface area contributed by atoms with Crippen molar-refractivity contribution in [2.45, 2.75) is 10.9 Å². The number of terminal acetylenes is 1. The van der Waals surface area contributed by atoms with Crippen LogP contribution in [0.25, 0.3) is 0 Å². The van der Waals surface area contributed by atoms with E-state index in [2.05, 4.69) is 17.8 Å². The molecule has 1 heterocycles. The second-order valence-electron chi connectivity index (χ2n) is 5.63. The average Bonchev–Trinajstić information content (AvgIpc) is 3.22. The lowest BCUT2D eigenvalue weighted by Crippen LogP contribution is -2.34. The molecule has 0 saturated heterocycles. The van der Waals surface area contributed by atoms with Crippen LogP contribution in [0.5, 0.6) is 0 Å². The summed E-state index contributed by atoms with van der Waals surface area (Å²) in [6, 6.07) is 20.7. The first kappa shape index (κ1) is 18.9. The Labute approximate surface area is 164 Å². The summed E-state index contributed by atoms with van der Waals surface area (Å²) < 4.78 is 27.8. The van der Waals surface area contributed by atoms with Gasteiger partial charge in [0.05, 0.1) is 16.3 Å². The van der Waals surface area contributed by atoms with Gasteiger partial charge in [-0.2, -0.15) is 4.31 Å². The predicted molar refractivity (Wildman–Crippen MR) is 110 cm³/mol. The first-order valence-corrected chi connectivity index (χ1v) is 10.6. The van der Waals surface area contributed by atoms with Gasteiger partial charge in [0, 0.05) is 0 Å². The number of sulfonamides is 1. The van der Waals surface area contributed by atoms with Crippen molar-refractivity contribution in [2.24, 2.45) is 0 Å². The Morgan fingerprint density at radius 2 is 1.63 bits per heavy atom. The maximum Gasteiger partial charge on any atom is 0.245 e. The fraction of sp³-hybridized carbons (Fsp3) is 0.0909. The lowest BCUT2D eigenvalue weighted by molar-refractivity contribution is 0.410. The quantitative estimate of drug-likeness (QED) is 0.613. The summed E-state index contributed by atoms with van der Waals surface area (Å²) in [5.41, 5.74) is 0.774. The highest BCUT2D eigenvalue weighted by Gasteiger charge is 2.31. The second-order valence-corrected chi connectivity index (χ2v) is 8.47. The molecular formula is C22H17NO2S2. The summed E-state index contributed by atoms with van der Waals surface area (Å²) in [7, 11) is -3.81. The molecule has 0 bridgehead atoms. The summed E-state index contributed by atoms with van der Waals surface area (Å²) in [6.07, 6.45) is 5.51. The molecule has 1 aromatic heterocycles. The van der Waals surface area contributed by atoms with Crippen LogP contribution in [0, 0.1) is 24.2 Å². The summed E-state index contributed by atoms with van der Waals surface area (Å²) in [5.74, 6) is 8.66. The van der Waals surface area contributed by atoms with E-state index >= 15 is 0 Å². The number of thiophene rings is 1. The lowest BCUT2D eigenvalue weighted by atomic mass is 10.1. The molecule has 0 fully saturated rings. The summed E-state index contributed by atoms with van der Waals surface area (Å²) in [6.45, 7) is -0.0735. The molecule has 5 heteroatoms. The highest BCUT2D eigenvalue weighted by atomic mass is 32.2. The summed E-state index contributed by atoms with van der Waals surface area (Å²) in [4.78, 5) is 1.06. The molecule has 0 N–H and O–H groups in total. The van der Waals surface area contributed by atoms with E-state index in [-0.39, 0.29) is 11.4 Å². The van der Waals surface area contributed by atoms with Crippen LogP contribution >= 0.6 is 11.3 Å². The van der Waals surface area contributed by atoms with E-state index in [0.717, 1.165) is 10.4 Å².